The fourth-order valence-corrected chi connectivity index (χ4v) is 4.85. The maximum atomic E-state index is 12.9. The Morgan fingerprint density at radius 2 is 1.92 bits per heavy atom. The first-order chi connectivity index (χ1) is 11.8. The van der Waals surface area contributed by atoms with Gasteiger partial charge in [0.1, 0.15) is 0 Å². The van der Waals surface area contributed by atoms with Crippen molar-refractivity contribution in [3.63, 3.8) is 0 Å². The number of hydrogen-bond donors (Lipinski definition) is 1. The number of sulfonamides is 1. The molecule has 1 aliphatic heterocycles. The first kappa shape index (κ1) is 18.1. The lowest BCUT2D eigenvalue weighted by molar-refractivity contribution is -0.117. The average molecular weight is 362 g/mol. The molecule has 0 unspecified atom stereocenters. The smallest absolute Gasteiger partial charge is 0.247 e. The zero-order valence-electron chi connectivity index (χ0n) is 15.1. The summed E-state index contributed by atoms with van der Waals surface area (Å²) in [7, 11) is -3.46. The molecule has 0 aromatic heterocycles. The summed E-state index contributed by atoms with van der Waals surface area (Å²) in [6.07, 6.45) is 4.17. The monoisotopic (exact) mass is 362 g/mol. The summed E-state index contributed by atoms with van der Waals surface area (Å²) in [4.78, 5) is 12.5. The van der Waals surface area contributed by atoms with Gasteiger partial charge in [0.2, 0.25) is 15.9 Å². The van der Waals surface area contributed by atoms with Gasteiger partial charge in [-0.05, 0) is 61.9 Å². The summed E-state index contributed by atoms with van der Waals surface area (Å²) in [6, 6.07) is 5.29. The molecule has 1 aromatic carbocycles. The number of benzene rings is 1. The Bertz CT molecular complexity index is 804. The molecule has 1 aromatic rings. The van der Waals surface area contributed by atoms with Crippen LogP contribution in [0.1, 0.15) is 44.7 Å². The van der Waals surface area contributed by atoms with E-state index in [-0.39, 0.29) is 11.9 Å². The van der Waals surface area contributed by atoms with Crippen molar-refractivity contribution >= 4 is 22.0 Å². The second-order valence-electron chi connectivity index (χ2n) is 7.42. The van der Waals surface area contributed by atoms with Crippen molar-refractivity contribution in [2.24, 2.45) is 5.92 Å². The van der Waals surface area contributed by atoms with E-state index in [0.29, 0.717) is 35.9 Å². The second-order valence-corrected chi connectivity index (χ2v) is 9.36. The van der Waals surface area contributed by atoms with Crippen LogP contribution in [0.3, 0.4) is 0 Å². The van der Waals surface area contributed by atoms with Crippen molar-refractivity contribution < 1.29 is 13.2 Å². The Balaban J connectivity index is 1.82. The van der Waals surface area contributed by atoms with Gasteiger partial charge in [-0.3, -0.25) is 4.79 Å². The van der Waals surface area contributed by atoms with Gasteiger partial charge in [-0.2, -0.15) is 4.31 Å². The minimum absolute atomic E-state index is 0.0783. The normalized spacial score (nSPS) is 19.0. The third kappa shape index (κ3) is 3.80. The molecule has 3 rings (SSSR count). The Morgan fingerprint density at radius 3 is 2.56 bits per heavy atom. The molecule has 1 amide bonds. The van der Waals surface area contributed by atoms with Gasteiger partial charge in [0.15, 0.2) is 0 Å². The summed E-state index contributed by atoms with van der Waals surface area (Å²) < 4.78 is 27.3. The molecule has 5 nitrogen and oxygen atoms in total. The lowest BCUT2D eigenvalue weighted by Gasteiger charge is -2.29. The average Bonchev–Trinajstić information content (AvgIpc) is 2.98. The second kappa shape index (κ2) is 6.92. The fraction of sp³-hybridized carbons (Fsp3) is 0.526. The van der Waals surface area contributed by atoms with Crippen molar-refractivity contribution in [1.82, 2.24) is 9.62 Å². The number of carbonyl (C=O) groups is 1. The van der Waals surface area contributed by atoms with Crippen molar-refractivity contribution in [2.75, 3.05) is 13.1 Å². The van der Waals surface area contributed by atoms with Crippen molar-refractivity contribution in [2.45, 2.75) is 51.0 Å². The maximum absolute atomic E-state index is 12.9. The van der Waals surface area contributed by atoms with E-state index in [2.05, 4.69) is 12.2 Å². The van der Waals surface area contributed by atoms with Gasteiger partial charge in [0, 0.05) is 31.1 Å². The molecule has 0 bridgehead atoms. The van der Waals surface area contributed by atoms with Gasteiger partial charge < -0.3 is 5.32 Å². The molecule has 25 heavy (non-hydrogen) atoms. The molecule has 1 saturated heterocycles. The SMILES string of the molecule is CC1CCN(S(=O)(=O)c2ccc3c(c2)C=C(C(=O)NC(C)C)C3)CC1. The van der Waals surface area contributed by atoms with Crippen molar-refractivity contribution in [1.29, 1.82) is 0 Å². The molecular weight excluding hydrogens is 336 g/mol. The molecule has 136 valence electrons. The van der Waals surface area contributed by atoms with E-state index in [1.807, 2.05) is 26.0 Å². The van der Waals surface area contributed by atoms with Crippen LogP contribution in [0.2, 0.25) is 0 Å². The fourth-order valence-electron chi connectivity index (χ4n) is 3.35. The standard InChI is InChI=1S/C19H26N2O3S/c1-13(2)20-19(22)17-10-15-4-5-18(12-16(15)11-17)25(23,24)21-8-6-14(3)7-9-21/h4-5,11-14H,6-10H2,1-3H3,(H,20,22). The number of nitrogens with one attached hydrogen (secondary N) is 1. The molecule has 1 N–H and O–H groups in total. The largest absolute Gasteiger partial charge is 0.350 e. The van der Waals surface area contributed by atoms with Crippen LogP contribution >= 0.6 is 0 Å². The van der Waals surface area contributed by atoms with Crippen LogP contribution in [0.4, 0.5) is 0 Å². The van der Waals surface area contributed by atoms with Gasteiger partial charge in [0.05, 0.1) is 4.90 Å². The Morgan fingerprint density at radius 1 is 1.24 bits per heavy atom. The number of hydrogen-bond acceptors (Lipinski definition) is 3. The van der Waals surface area contributed by atoms with E-state index in [4.69, 9.17) is 0 Å². The molecule has 1 fully saturated rings. The van der Waals surface area contributed by atoms with Crippen LogP contribution < -0.4 is 5.32 Å². The van der Waals surface area contributed by atoms with Gasteiger partial charge in [0.25, 0.3) is 0 Å². The summed E-state index contributed by atoms with van der Waals surface area (Å²) in [6.45, 7) is 7.17. The molecule has 1 aliphatic carbocycles. The minimum Gasteiger partial charge on any atom is -0.350 e. The van der Waals surface area contributed by atoms with Gasteiger partial charge in [-0.25, -0.2) is 8.42 Å². The number of rotatable bonds is 4. The van der Waals surface area contributed by atoms with E-state index in [9.17, 15) is 13.2 Å². The highest BCUT2D eigenvalue weighted by Crippen LogP contribution is 2.30. The lowest BCUT2D eigenvalue weighted by Crippen LogP contribution is -2.37. The van der Waals surface area contributed by atoms with Crippen LogP contribution in [0.15, 0.2) is 28.7 Å². The molecule has 0 saturated carbocycles. The van der Waals surface area contributed by atoms with E-state index in [1.54, 1.807) is 16.4 Å². The van der Waals surface area contributed by atoms with Gasteiger partial charge in [-0.1, -0.05) is 13.0 Å². The number of piperidine rings is 1. The van der Waals surface area contributed by atoms with Crippen molar-refractivity contribution in [3.05, 3.63) is 34.9 Å². The molecule has 0 spiro atoms. The lowest BCUT2D eigenvalue weighted by atomic mass is 10.0. The zero-order valence-corrected chi connectivity index (χ0v) is 15.9. The summed E-state index contributed by atoms with van der Waals surface area (Å²) in [5.74, 6) is 0.497. The van der Waals surface area contributed by atoms with Crippen LogP contribution in [0.25, 0.3) is 6.08 Å². The number of amides is 1. The molecule has 0 radical (unpaired) electrons. The summed E-state index contributed by atoms with van der Waals surface area (Å²) in [5, 5.41) is 2.89. The summed E-state index contributed by atoms with van der Waals surface area (Å²) >= 11 is 0. The van der Waals surface area contributed by atoms with Crippen LogP contribution in [0, 0.1) is 5.92 Å². The van der Waals surface area contributed by atoms with Gasteiger partial charge >= 0.3 is 0 Å². The Kier molecular flexibility index (Phi) is 5.02. The first-order valence-electron chi connectivity index (χ1n) is 8.92. The zero-order chi connectivity index (χ0) is 18.2. The Hall–Kier alpha value is -1.66. The number of nitrogens with zero attached hydrogens (tertiary/aromatic N) is 1. The third-order valence-electron chi connectivity index (χ3n) is 4.92. The predicted octanol–water partition coefficient (Wildman–Crippen LogP) is 2.57. The molecule has 1 heterocycles. The molecule has 6 heteroatoms. The van der Waals surface area contributed by atoms with E-state index >= 15 is 0 Å². The van der Waals surface area contributed by atoms with Crippen LogP contribution in [-0.4, -0.2) is 37.8 Å². The number of carbonyl (C=O) groups excluding carboxylic acids is 1. The first-order valence-corrected chi connectivity index (χ1v) is 10.4. The third-order valence-corrected chi connectivity index (χ3v) is 6.81. The Labute approximate surface area is 150 Å². The highest BCUT2D eigenvalue weighted by atomic mass is 32.2. The predicted molar refractivity (Wildman–Crippen MR) is 98.6 cm³/mol. The van der Waals surface area contributed by atoms with Crippen LogP contribution in [0.5, 0.6) is 0 Å². The number of fused-ring (bicyclic) bond motifs is 1. The molecule has 2 aliphatic rings. The highest BCUT2D eigenvalue weighted by Gasteiger charge is 2.29. The highest BCUT2D eigenvalue weighted by molar-refractivity contribution is 7.89. The van der Waals surface area contributed by atoms with Gasteiger partial charge in [-0.15, -0.1) is 0 Å². The van der Waals surface area contributed by atoms with Crippen LogP contribution in [-0.2, 0) is 21.2 Å². The molecule has 0 atom stereocenters. The topological polar surface area (TPSA) is 66.5 Å². The maximum Gasteiger partial charge on any atom is 0.247 e. The van der Waals surface area contributed by atoms with Crippen molar-refractivity contribution in [3.8, 4) is 0 Å². The van der Waals surface area contributed by atoms with E-state index in [1.165, 1.54) is 0 Å². The van der Waals surface area contributed by atoms with E-state index < -0.39 is 10.0 Å². The van der Waals surface area contributed by atoms with E-state index in [0.717, 1.165) is 24.0 Å². The molecular formula is C19H26N2O3S. The minimum atomic E-state index is -3.46. The summed E-state index contributed by atoms with van der Waals surface area (Å²) in [5.41, 5.74) is 2.52. The quantitative estimate of drug-likeness (QED) is 0.895.